The summed E-state index contributed by atoms with van der Waals surface area (Å²) in [6.45, 7) is 6.25. The van der Waals surface area contributed by atoms with Gasteiger partial charge in [0.25, 0.3) is 0 Å². The fraction of sp³-hybridized carbons (Fsp3) is 0.467. The van der Waals surface area contributed by atoms with Crippen molar-refractivity contribution >= 4 is 22.6 Å². The van der Waals surface area contributed by atoms with Crippen LogP contribution in [-0.2, 0) is 0 Å². The van der Waals surface area contributed by atoms with E-state index >= 15 is 0 Å². The van der Waals surface area contributed by atoms with Crippen LogP contribution in [0.3, 0.4) is 0 Å². The summed E-state index contributed by atoms with van der Waals surface area (Å²) < 4.78 is 2.20. The van der Waals surface area contributed by atoms with Crippen molar-refractivity contribution in [2.45, 2.75) is 45.0 Å². The summed E-state index contributed by atoms with van der Waals surface area (Å²) >= 11 is 6.27. The summed E-state index contributed by atoms with van der Waals surface area (Å²) in [6.07, 6.45) is 2.05. The van der Waals surface area contributed by atoms with E-state index in [1.54, 1.807) is 6.07 Å². The minimum absolute atomic E-state index is 0.167. The zero-order valence-electron chi connectivity index (χ0n) is 11.5. The van der Waals surface area contributed by atoms with Crippen LogP contribution in [0.25, 0.3) is 11.0 Å². The lowest BCUT2D eigenvalue weighted by atomic mass is 10.1. The number of alkyl halides is 1. The third kappa shape index (κ3) is 2.33. The Hall–Kier alpha value is -1.53. The van der Waals surface area contributed by atoms with Gasteiger partial charge in [0.15, 0.2) is 0 Å². The normalized spacial score (nSPS) is 12.8. The van der Waals surface area contributed by atoms with Gasteiger partial charge in [0.05, 0.1) is 16.5 Å². The molecule has 1 atom stereocenters. The fourth-order valence-electron chi connectivity index (χ4n) is 2.54. The van der Waals surface area contributed by atoms with Gasteiger partial charge in [-0.2, -0.15) is 5.26 Å². The molecule has 0 aliphatic heterocycles. The average molecular weight is 276 g/mol. The van der Waals surface area contributed by atoms with Gasteiger partial charge in [0.1, 0.15) is 17.4 Å². The molecule has 0 saturated heterocycles. The van der Waals surface area contributed by atoms with Crippen LogP contribution >= 0.6 is 11.6 Å². The highest BCUT2D eigenvalue weighted by Gasteiger charge is 2.20. The lowest BCUT2D eigenvalue weighted by Crippen LogP contribution is -2.11. The van der Waals surface area contributed by atoms with Crippen molar-refractivity contribution in [3.63, 3.8) is 0 Å². The fourth-order valence-corrected chi connectivity index (χ4v) is 2.70. The maximum Gasteiger partial charge on any atom is 0.128 e. The largest absolute Gasteiger partial charge is 0.324 e. The quantitative estimate of drug-likeness (QED) is 0.767. The summed E-state index contributed by atoms with van der Waals surface area (Å²) in [7, 11) is 0. The molecular formula is C15H18ClN3. The molecule has 0 spiro atoms. The second-order valence-electron chi connectivity index (χ2n) is 4.71. The first-order valence-corrected chi connectivity index (χ1v) is 7.12. The van der Waals surface area contributed by atoms with Crippen molar-refractivity contribution in [3.8, 4) is 6.07 Å². The van der Waals surface area contributed by atoms with E-state index in [0.717, 1.165) is 29.7 Å². The maximum absolute atomic E-state index is 9.20. The summed E-state index contributed by atoms with van der Waals surface area (Å²) in [5.41, 5.74) is 2.38. The SMILES string of the molecule is CCC(CC)n1c(C(C)Cl)nc2c(C#N)cccc21. The second-order valence-corrected chi connectivity index (χ2v) is 5.37. The molecule has 0 aliphatic carbocycles. The van der Waals surface area contributed by atoms with E-state index in [-0.39, 0.29) is 5.38 Å². The Morgan fingerprint density at radius 2 is 2.05 bits per heavy atom. The summed E-state index contributed by atoms with van der Waals surface area (Å²) in [5.74, 6) is 0.855. The van der Waals surface area contributed by atoms with E-state index in [1.165, 1.54) is 0 Å². The molecular weight excluding hydrogens is 258 g/mol. The van der Waals surface area contributed by atoms with Gasteiger partial charge in [-0.15, -0.1) is 11.6 Å². The van der Waals surface area contributed by atoms with Gasteiger partial charge in [-0.05, 0) is 31.9 Å². The van der Waals surface area contributed by atoms with Crippen molar-refractivity contribution in [1.82, 2.24) is 9.55 Å². The van der Waals surface area contributed by atoms with E-state index in [4.69, 9.17) is 11.6 Å². The lowest BCUT2D eigenvalue weighted by Gasteiger charge is -2.19. The topological polar surface area (TPSA) is 41.6 Å². The van der Waals surface area contributed by atoms with Crippen molar-refractivity contribution < 1.29 is 0 Å². The first kappa shape index (κ1) is 13.9. The van der Waals surface area contributed by atoms with E-state index < -0.39 is 0 Å². The number of rotatable bonds is 4. The monoisotopic (exact) mass is 275 g/mol. The molecule has 1 aromatic heterocycles. The van der Waals surface area contributed by atoms with Gasteiger partial charge in [0.2, 0.25) is 0 Å². The molecule has 2 rings (SSSR count). The van der Waals surface area contributed by atoms with Gasteiger partial charge in [-0.25, -0.2) is 4.98 Å². The van der Waals surface area contributed by atoms with E-state index in [2.05, 4.69) is 29.5 Å². The molecule has 0 fully saturated rings. The summed E-state index contributed by atoms with van der Waals surface area (Å²) in [6, 6.07) is 8.30. The number of aromatic nitrogens is 2. The van der Waals surface area contributed by atoms with Crippen molar-refractivity contribution in [3.05, 3.63) is 29.6 Å². The van der Waals surface area contributed by atoms with Crippen LogP contribution < -0.4 is 0 Å². The predicted molar refractivity (Wildman–Crippen MR) is 78.3 cm³/mol. The number of nitrogens with zero attached hydrogens (tertiary/aromatic N) is 3. The molecule has 19 heavy (non-hydrogen) atoms. The number of fused-ring (bicyclic) bond motifs is 1. The molecule has 0 amide bonds. The highest BCUT2D eigenvalue weighted by Crippen LogP contribution is 2.31. The third-order valence-corrected chi connectivity index (χ3v) is 3.73. The van der Waals surface area contributed by atoms with Gasteiger partial charge in [0, 0.05) is 6.04 Å². The molecule has 3 nitrogen and oxygen atoms in total. The Balaban J connectivity index is 2.79. The van der Waals surface area contributed by atoms with Gasteiger partial charge >= 0.3 is 0 Å². The Morgan fingerprint density at radius 3 is 2.58 bits per heavy atom. The summed E-state index contributed by atoms with van der Waals surface area (Å²) in [4.78, 5) is 4.61. The smallest absolute Gasteiger partial charge is 0.128 e. The number of imidazole rings is 1. The van der Waals surface area contributed by atoms with Crippen LogP contribution in [0.5, 0.6) is 0 Å². The third-order valence-electron chi connectivity index (χ3n) is 3.53. The number of halogens is 1. The van der Waals surface area contributed by atoms with Gasteiger partial charge < -0.3 is 4.57 Å². The van der Waals surface area contributed by atoms with Crippen molar-refractivity contribution in [2.75, 3.05) is 0 Å². The molecule has 4 heteroatoms. The molecule has 1 aromatic carbocycles. The zero-order valence-corrected chi connectivity index (χ0v) is 12.3. The number of hydrogen-bond acceptors (Lipinski definition) is 2. The Bertz CT molecular complexity index is 618. The first-order chi connectivity index (χ1) is 9.13. The van der Waals surface area contributed by atoms with Crippen LogP contribution in [-0.4, -0.2) is 9.55 Å². The highest BCUT2D eigenvalue weighted by molar-refractivity contribution is 6.20. The van der Waals surface area contributed by atoms with Crippen LogP contribution in [0.4, 0.5) is 0 Å². The molecule has 2 aromatic rings. The van der Waals surface area contributed by atoms with Crippen LogP contribution in [0.15, 0.2) is 18.2 Å². The molecule has 0 radical (unpaired) electrons. The molecule has 1 unspecified atom stereocenters. The number of nitriles is 1. The van der Waals surface area contributed by atoms with E-state index in [1.807, 2.05) is 19.1 Å². The molecule has 0 bridgehead atoms. The molecule has 0 saturated carbocycles. The predicted octanol–water partition coefficient (Wildman–Crippen LogP) is 4.57. The Labute approximate surface area is 118 Å². The second kappa shape index (κ2) is 5.63. The first-order valence-electron chi connectivity index (χ1n) is 6.69. The number of hydrogen-bond donors (Lipinski definition) is 0. The molecule has 0 N–H and O–H groups in total. The van der Waals surface area contributed by atoms with Crippen LogP contribution in [0, 0.1) is 11.3 Å². The Morgan fingerprint density at radius 1 is 1.37 bits per heavy atom. The average Bonchev–Trinajstić information content (AvgIpc) is 2.80. The Kier molecular flexibility index (Phi) is 4.11. The van der Waals surface area contributed by atoms with Crippen molar-refractivity contribution in [2.24, 2.45) is 0 Å². The standard InChI is InChI=1S/C15H18ClN3/c1-4-12(5-2)19-13-8-6-7-11(9-17)14(13)18-15(19)10(3)16/h6-8,10,12H,4-5H2,1-3H3. The summed E-state index contributed by atoms with van der Waals surface area (Å²) in [5, 5.41) is 9.03. The minimum Gasteiger partial charge on any atom is -0.324 e. The molecule has 0 aliphatic rings. The minimum atomic E-state index is -0.167. The van der Waals surface area contributed by atoms with Gasteiger partial charge in [-0.1, -0.05) is 19.9 Å². The number of para-hydroxylation sites is 1. The van der Waals surface area contributed by atoms with E-state index in [0.29, 0.717) is 11.6 Å². The van der Waals surface area contributed by atoms with Crippen molar-refractivity contribution in [1.29, 1.82) is 5.26 Å². The molecule has 1 heterocycles. The lowest BCUT2D eigenvalue weighted by molar-refractivity contribution is 0.466. The number of benzene rings is 1. The van der Waals surface area contributed by atoms with Gasteiger partial charge in [-0.3, -0.25) is 0 Å². The molecule has 100 valence electrons. The van der Waals surface area contributed by atoms with Crippen LogP contribution in [0.1, 0.15) is 56.4 Å². The maximum atomic E-state index is 9.20. The highest BCUT2D eigenvalue weighted by atomic mass is 35.5. The van der Waals surface area contributed by atoms with Crippen LogP contribution in [0.2, 0.25) is 0 Å². The zero-order chi connectivity index (χ0) is 14.0. The van der Waals surface area contributed by atoms with E-state index in [9.17, 15) is 5.26 Å².